The summed E-state index contributed by atoms with van der Waals surface area (Å²) in [5.74, 6) is -0.756. The lowest BCUT2D eigenvalue weighted by atomic mass is 10.2. The quantitative estimate of drug-likeness (QED) is 0.521. The third-order valence-electron chi connectivity index (χ3n) is 4.31. The van der Waals surface area contributed by atoms with E-state index in [9.17, 15) is 9.59 Å². The van der Waals surface area contributed by atoms with Crippen molar-refractivity contribution in [1.82, 2.24) is 4.90 Å². The number of nitrogens with one attached hydrogen (secondary N) is 1. The summed E-state index contributed by atoms with van der Waals surface area (Å²) >= 11 is 12.2. The van der Waals surface area contributed by atoms with Gasteiger partial charge in [0.25, 0.3) is 5.91 Å². The van der Waals surface area contributed by atoms with Gasteiger partial charge in [-0.15, -0.1) is 0 Å². The van der Waals surface area contributed by atoms with Crippen LogP contribution < -0.4 is 14.8 Å². The molecule has 30 heavy (non-hydrogen) atoms. The number of anilines is 1. The van der Waals surface area contributed by atoms with Gasteiger partial charge >= 0.3 is 5.97 Å². The fraction of sp³-hybridized carbons (Fsp3) is 0.333. The predicted octanol–water partition coefficient (Wildman–Crippen LogP) is 4.43. The first-order valence-electron chi connectivity index (χ1n) is 9.44. The molecule has 0 heterocycles. The van der Waals surface area contributed by atoms with Gasteiger partial charge in [0.15, 0.2) is 6.61 Å². The molecule has 162 valence electrons. The number of ether oxygens (including phenoxy) is 2. The fourth-order valence-electron chi connectivity index (χ4n) is 2.61. The molecule has 0 spiro atoms. The molecule has 2 N–H and O–H groups in total. The van der Waals surface area contributed by atoms with Crippen molar-refractivity contribution in [3.05, 3.63) is 52.0 Å². The van der Waals surface area contributed by atoms with Crippen LogP contribution in [0.5, 0.6) is 11.5 Å². The Hall–Kier alpha value is -2.48. The summed E-state index contributed by atoms with van der Waals surface area (Å²) in [5.41, 5.74) is 0.530. The average Bonchev–Trinajstić information content (AvgIpc) is 2.71. The van der Waals surface area contributed by atoms with E-state index in [2.05, 4.69) is 24.1 Å². The van der Waals surface area contributed by atoms with Crippen LogP contribution in [0.15, 0.2) is 36.4 Å². The average molecular weight is 455 g/mol. The third kappa shape index (κ3) is 7.09. The normalized spacial score (nSPS) is 10.7. The molecule has 2 aromatic rings. The van der Waals surface area contributed by atoms with Crippen LogP contribution in [0, 0.1) is 0 Å². The number of amides is 1. The molecule has 0 saturated carbocycles. The van der Waals surface area contributed by atoms with Crippen molar-refractivity contribution in [2.45, 2.75) is 13.8 Å². The molecule has 0 atom stereocenters. The second-order valence-corrected chi connectivity index (χ2v) is 7.12. The number of likely N-dealkylation sites (N-methyl/N-ethyl adjacent to an activating group) is 1. The molecular weight excluding hydrogens is 431 g/mol. The summed E-state index contributed by atoms with van der Waals surface area (Å²) in [5, 5.41) is 12.1. The van der Waals surface area contributed by atoms with Crippen LogP contribution in [0.25, 0.3) is 0 Å². The number of carbonyl (C=O) groups is 2. The van der Waals surface area contributed by atoms with Gasteiger partial charge in [0, 0.05) is 12.2 Å². The monoisotopic (exact) mass is 454 g/mol. The highest BCUT2D eigenvalue weighted by molar-refractivity contribution is 6.32. The lowest BCUT2D eigenvalue weighted by Gasteiger charge is -2.18. The van der Waals surface area contributed by atoms with Crippen LogP contribution >= 0.6 is 23.2 Å². The minimum Gasteiger partial charge on any atom is -0.491 e. The van der Waals surface area contributed by atoms with Crippen LogP contribution in [-0.4, -0.2) is 54.7 Å². The summed E-state index contributed by atoms with van der Waals surface area (Å²) < 4.78 is 11.1. The second-order valence-electron chi connectivity index (χ2n) is 6.31. The number of rotatable bonds is 11. The molecular formula is C21H24Cl2N2O5. The summed E-state index contributed by atoms with van der Waals surface area (Å²) in [7, 11) is 0. The Labute approximate surface area is 185 Å². The van der Waals surface area contributed by atoms with E-state index in [4.69, 9.17) is 37.8 Å². The van der Waals surface area contributed by atoms with Gasteiger partial charge in [-0.3, -0.25) is 4.79 Å². The molecule has 0 saturated heterocycles. The molecule has 9 heteroatoms. The SMILES string of the molecule is CCN(CC)CCOc1ccc(NC(=O)COc2ccc(C(=O)O)cc2Cl)cc1Cl. The second kappa shape index (κ2) is 11.6. The van der Waals surface area contributed by atoms with Gasteiger partial charge in [0.05, 0.1) is 15.6 Å². The number of nitrogens with zero attached hydrogens (tertiary/aromatic N) is 1. The lowest BCUT2D eigenvalue weighted by Crippen LogP contribution is -2.27. The molecule has 2 rings (SSSR count). The van der Waals surface area contributed by atoms with Crippen molar-refractivity contribution in [3.63, 3.8) is 0 Å². The van der Waals surface area contributed by atoms with E-state index in [0.717, 1.165) is 19.6 Å². The molecule has 0 aromatic heterocycles. The maximum Gasteiger partial charge on any atom is 0.335 e. The van der Waals surface area contributed by atoms with Crippen molar-refractivity contribution >= 4 is 40.8 Å². The van der Waals surface area contributed by atoms with Gasteiger partial charge in [-0.25, -0.2) is 4.79 Å². The largest absolute Gasteiger partial charge is 0.491 e. The molecule has 0 aliphatic carbocycles. The Kier molecular flexibility index (Phi) is 9.23. The minimum atomic E-state index is -1.10. The van der Waals surface area contributed by atoms with E-state index in [1.165, 1.54) is 18.2 Å². The Morgan fingerprint density at radius 1 is 1.00 bits per heavy atom. The van der Waals surface area contributed by atoms with E-state index >= 15 is 0 Å². The van der Waals surface area contributed by atoms with Gasteiger partial charge in [-0.1, -0.05) is 37.0 Å². The van der Waals surface area contributed by atoms with E-state index in [-0.39, 0.29) is 22.9 Å². The van der Waals surface area contributed by atoms with Crippen molar-refractivity contribution in [1.29, 1.82) is 0 Å². The number of carboxylic acid groups (broad SMARTS) is 1. The number of hydrogen-bond acceptors (Lipinski definition) is 5. The summed E-state index contributed by atoms with van der Waals surface area (Å²) in [6, 6.07) is 8.99. The van der Waals surface area contributed by atoms with Crippen molar-refractivity contribution in [2.75, 3.05) is 38.2 Å². The zero-order chi connectivity index (χ0) is 22.1. The number of hydrogen-bond donors (Lipinski definition) is 2. The fourth-order valence-corrected chi connectivity index (χ4v) is 3.08. The van der Waals surface area contributed by atoms with Crippen LogP contribution in [0.4, 0.5) is 5.69 Å². The van der Waals surface area contributed by atoms with E-state index in [1.54, 1.807) is 18.2 Å². The van der Waals surface area contributed by atoms with Crippen molar-refractivity contribution < 1.29 is 24.2 Å². The summed E-state index contributed by atoms with van der Waals surface area (Å²) in [6.07, 6.45) is 0. The molecule has 0 fully saturated rings. The number of aromatic carboxylic acids is 1. The molecule has 0 bridgehead atoms. The molecule has 7 nitrogen and oxygen atoms in total. The van der Waals surface area contributed by atoms with Crippen LogP contribution in [0.1, 0.15) is 24.2 Å². The first-order chi connectivity index (χ1) is 14.3. The summed E-state index contributed by atoms with van der Waals surface area (Å²) in [6.45, 7) is 7.11. The Balaban J connectivity index is 1.86. The smallest absolute Gasteiger partial charge is 0.335 e. The zero-order valence-electron chi connectivity index (χ0n) is 16.8. The number of carbonyl (C=O) groups excluding carboxylic acids is 1. The van der Waals surface area contributed by atoms with Gasteiger partial charge in [0.1, 0.15) is 18.1 Å². The molecule has 1 amide bonds. The van der Waals surface area contributed by atoms with Crippen molar-refractivity contribution in [2.24, 2.45) is 0 Å². The minimum absolute atomic E-state index is 0.0332. The molecule has 0 radical (unpaired) electrons. The number of benzene rings is 2. The molecule has 2 aromatic carbocycles. The van der Waals surface area contributed by atoms with Crippen LogP contribution in [0.3, 0.4) is 0 Å². The maximum atomic E-state index is 12.1. The van der Waals surface area contributed by atoms with Crippen LogP contribution in [0.2, 0.25) is 10.0 Å². The Morgan fingerprint density at radius 2 is 1.63 bits per heavy atom. The maximum absolute atomic E-state index is 12.1. The topological polar surface area (TPSA) is 88.1 Å². The van der Waals surface area contributed by atoms with Crippen molar-refractivity contribution in [3.8, 4) is 11.5 Å². The van der Waals surface area contributed by atoms with Gasteiger partial charge in [-0.2, -0.15) is 0 Å². The van der Waals surface area contributed by atoms with Gasteiger partial charge in [-0.05, 0) is 49.5 Å². The number of carboxylic acids is 1. The zero-order valence-corrected chi connectivity index (χ0v) is 18.3. The molecule has 0 aliphatic rings. The highest BCUT2D eigenvalue weighted by Crippen LogP contribution is 2.28. The standard InChI is InChI=1S/C21H24Cl2N2O5/c1-3-25(4-2)9-10-29-18-8-6-15(12-17(18)23)24-20(26)13-30-19-7-5-14(21(27)28)11-16(19)22/h5-8,11-12H,3-4,9-10,13H2,1-2H3,(H,24,26)(H,27,28). The van der Waals surface area contributed by atoms with Crippen LogP contribution in [-0.2, 0) is 4.79 Å². The first kappa shape index (κ1) is 23.8. The van der Waals surface area contributed by atoms with Gasteiger partial charge in [0.2, 0.25) is 0 Å². The third-order valence-corrected chi connectivity index (χ3v) is 4.90. The highest BCUT2D eigenvalue weighted by Gasteiger charge is 2.11. The predicted molar refractivity (Wildman–Crippen MR) is 117 cm³/mol. The lowest BCUT2D eigenvalue weighted by molar-refractivity contribution is -0.118. The Bertz CT molecular complexity index is 888. The van der Waals surface area contributed by atoms with E-state index in [1.807, 2.05) is 0 Å². The first-order valence-corrected chi connectivity index (χ1v) is 10.2. The number of halogens is 2. The summed E-state index contributed by atoms with van der Waals surface area (Å²) in [4.78, 5) is 25.3. The highest BCUT2D eigenvalue weighted by atomic mass is 35.5. The Morgan fingerprint density at radius 3 is 2.23 bits per heavy atom. The van der Waals surface area contributed by atoms with E-state index in [0.29, 0.717) is 23.1 Å². The van der Waals surface area contributed by atoms with E-state index < -0.39 is 11.9 Å². The molecule has 0 aliphatic heterocycles. The van der Waals surface area contributed by atoms with Gasteiger partial charge < -0.3 is 24.8 Å². The molecule has 0 unspecified atom stereocenters.